The van der Waals surface area contributed by atoms with E-state index in [1.54, 1.807) is 18.0 Å². The Morgan fingerprint density at radius 3 is 2.78 bits per heavy atom. The summed E-state index contributed by atoms with van der Waals surface area (Å²) < 4.78 is 0. The fourth-order valence-corrected chi connectivity index (χ4v) is 3.43. The van der Waals surface area contributed by atoms with Crippen molar-refractivity contribution in [3.63, 3.8) is 0 Å². The van der Waals surface area contributed by atoms with E-state index < -0.39 is 0 Å². The highest BCUT2D eigenvalue weighted by Gasteiger charge is 2.23. The number of benzene rings is 1. The molecular weight excluding hydrogens is 308 g/mol. The molecule has 5 nitrogen and oxygen atoms in total. The van der Waals surface area contributed by atoms with Crippen molar-refractivity contribution < 1.29 is 4.79 Å². The van der Waals surface area contributed by atoms with Crippen molar-refractivity contribution in [3.8, 4) is 0 Å². The van der Waals surface area contributed by atoms with Crippen LogP contribution in [0.2, 0.25) is 0 Å². The molecule has 3 N–H and O–H groups in total. The van der Waals surface area contributed by atoms with Crippen LogP contribution < -0.4 is 11.1 Å². The number of hydrogen-bond acceptors (Lipinski definition) is 6. The molecule has 120 valence electrons. The summed E-state index contributed by atoms with van der Waals surface area (Å²) >= 11 is 1.57. The van der Waals surface area contributed by atoms with Crippen molar-refractivity contribution in [1.29, 1.82) is 0 Å². The second-order valence-corrected chi connectivity index (χ2v) is 6.88. The van der Waals surface area contributed by atoms with E-state index in [-0.39, 0.29) is 17.8 Å². The van der Waals surface area contributed by atoms with Gasteiger partial charge in [-0.15, -0.1) is 0 Å². The number of anilines is 2. The van der Waals surface area contributed by atoms with Crippen LogP contribution in [0.15, 0.2) is 40.3 Å². The van der Waals surface area contributed by atoms with E-state index >= 15 is 0 Å². The number of ketones is 1. The van der Waals surface area contributed by atoms with Crippen LogP contribution in [0.3, 0.4) is 0 Å². The lowest BCUT2D eigenvalue weighted by Crippen LogP contribution is -2.32. The maximum Gasteiger partial charge on any atom is 0.221 e. The monoisotopic (exact) mass is 328 g/mol. The lowest BCUT2D eigenvalue weighted by molar-refractivity contribution is -0.121. The molecule has 23 heavy (non-hydrogen) atoms. The number of nitrogens with one attached hydrogen (secondary N) is 1. The van der Waals surface area contributed by atoms with Crippen LogP contribution in [0.1, 0.15) is 31.2 Å². The second kappa shape index (κ2) is 7.00. The first kappa shape index (κ1) is 15.8. The molecule has 6 heteroatoms. The molecule has 0 radical (unpaired) electrons. The number of hydrogen-bond donors (Lipinski definition) is 2. The van der Waals surface area contributed by atoms with E-state index in [0.717, 1.165) is 29.1 Å². The lowest BCUT2D eigenvalue weighted by Gasteiger charge is -2.23. The van der Waals surface area contributed by atoms with Crippen LogP contribution in [0.25, 0.3) is 0 Å². The maximum atomic E-state index is 12.0. The fourth-order valence-electron chi connectivity index (χ4n) is 2.60. The van der Waals surface area contributed by atoms with Gasteiger partial charge in [-0.1, -0.05) is 35.9 Å². The third kappa shape index (κ3) is 4.01. The summed E-state index contributed by atoms with van der Waals surface area (Å²) in [6.45, 7) is 2.06. The number of nitrogens with zero attached hydrogens (tertiary/aromatic N) is 2. The Morgan fingerprint density at radius 2 is 2.04 bits per heavy atom. The van der Waals surface area contributed by atoms with Gasteiger partial charge in [0.2, 0.25) is 5.95 Å². The number of aryl methyl sites for hydroxylation is 1. The molecule has 3 rings (SSSR count). The first-order chi connectivity index (χ1) is 11.1. The van der Waals surface area contributed by atoms with Crippen molar-refractivity contribution >= 4 is 29.3 Å². The van der Waals surface area contributed by atoms with Crippen LogP contribution in [0.5, 0.6) is 0 Å². The van der Waals surface area contributed by atoms with E-state index in [2.05, 4.69) is 46.5 Å². The Balaban J connectivity index is 1.82. The van der Waals surface area contributed by atoms with Crippen LogP contribution >= 0.6 is 11.8 Å². The zero-order valence-electron chi connectivity index (χ0n) is 13.1. The van der Waals surface area contributed by atoms with Crippen molar-refractivity contribution in [1.82, 2.24) is 9.97 Å². The van der Waals surface area contributed by atoms with Gasteiger partial charge in [-0.3, -0.25) is 4.79 Å². The van der Waals surface area contributed by atoms with Gasteiger partial charge in [-0.05, 0) is 31.9 Å². The summed E-state index contributed by atoms with van der Waals surface area (Å²) in [6, 6.07) is 8.09. The average Bonchev–Trinajstić information content (AvgIpc) is 2.54. The Labute approximate surface area is 140 Å². The zero-order valence-corrected chi connectivity index (χ0v) is 13.9. The summed E-state index contributed by atoms with van der Waals surface area (Å²) in [5.74, 6) is 1.10. The van der Waals surface area contributed by atoms with E-state index in [9.17, 15) is 4.79 Å². The predicted octanol–water partition coefficient (Wildman–Crippen LogP) is 3.44. The minimum absolute atomic E-state index is 0.171. The van der Waals surface area contributed by atoms with E-state index in [1.807, 2.05) is 0 Å². The molecule has 0 amide bonds. The summed E-state index contributed by atoms with van der Waals surface area (Å²) in [4.78, 5) is 22.4. The van der Waals surface area contributed by atoms with E-state index in [0.29, 0.717) is 12.2 Å². The molecule has 1 fully saturated rings. The van der Waals surface area contributed by atoms with Crippen LogP contribution in [0.4, 0.5) is 11.8 Å². The summed E-state index contributed by atoms with van der Waals surface area (Å²) in [5.41, 5.74) is 6.94. The van der Waals surface area contributed by atoms with E-state index in [4.69, 9.17) is 5.73 Å². The van der Waals surface area contributed by atoms with Gasteiger partial charge in [-0.2, -0.15) is 4.98 Å². The summed E-state index contributed by atoms with van der Waals surface area (Å²) in [5, 5.41) is 3.27. The normalized spacial score (nSPS) is 18.0. The smallest absolute Gasteiger partial charge is 0.221 e. The van der Waals surface area contributed by atoms with Gasteiger partial charge in [0.1, 0.15) is 5.82 Å². The number of carbonyl (C=O) groups excluding carboxylic acids is 1. The van der Waals surface area contributed by atoms with Gasteiger partial charge >= 0.3 is 0 Å². The van der Waals surface area contributed by atoms with Gasteiger partial charge in [0.15, 0.2) is 5.78 Å². The predicted molar refractivity (Wildman–Crippen MR) is 92.6 cm³/mol. The molecule has 1 aromatic heterocycles. The summed E-state index contributed by atoms with van der Waals surface area (Å²) in [7, 11) is 0. The lowest BCUT2D eigenvalue weighted by atomic mass is 9.94. The van der Waals surface area contributed by atoms with Crippen LogP contribution in [-0.4, -0.2) is 21.8 Å². The average molecular weight is 328 g/mol. The molecule has 1 unspecified atom stereocenters. The third-order valence-corrected chi connectivity index (χ3v) is 4.91. The Bertz CT molecular complexity index is 702. The van der Waals surface area contributed by atoms with Gasteiger partial charge < -0.3 is 11.1 Å². The van der Waals surface area contributed by atoms with Crippen molar-refractivity contribution in [2.24, 2.45) is 0 Å². The number of rotatable bonds is 4. The molecule has 0 bridgehead atoms. The van der Waals surface area contributed by atoms with Gasteiger partial charge in [0.05, 0.1) is 10.9 Å². The zero-order chi connectivity index (χ0) is 16.2. The number of nitrogen functional groups attached to an aromatic ring is 1. The fraction of sp³-hybridized carbons (Fsp3) is 0.353. The van der Waals surface area contributed by atoms with Crippen molar-refractivity contribution in [3.05, 3.63) is 36.0 Å². The van der Waals surface area contributed by atoms with Crippen molar-refractivity contribution in [2.45, 2.75) is 48.4 Å². The maximum absolute atomic E-state index is 12.0. The molecule has 1 saturated carbocycles. The molecule has 1 heterocycles. The van der Waals surface area contributed by atoms with Crippen molar-refractivity contribution in [2.75, 3.05) is 11.1 Å². The highest BCUT2D eigenvalue weighted by atomic mass is 32.2. The highest BCUT2D eigenvalue weighted by molar-refractivity contribution is 7.99. The number of aromatic nitrogens is 2. The summed E-state index contributed by atoms with van der Waals surface area (Å²) in [6.07, 6.45) is 5.23. The Kier molecular flexibility index (Phi) is 4.81. The number of carbonyl (C=O) groups is 1. The molecule has 0 aliphatic heterocycles. The minimum atomic E-state index is -0.171. The van der Waals surface area contributed by atoms with Gasteiger partial charge in [0, 0.05) is 17.5 Å². The first-order valence-corrected chi connectivity index (χ1v) is 8.60. The number of nitrogens with two attached hydrogens (primary N) is 1. The molecular formula is C17H20N4OS. The quantitative estimate of drug-likeness (QED) is 0.895. The standard InChI is InChI=1S/C17H20N4OS/c1-11-6-8-12(9-7-11)23-15-10-19-17(18)21-16(15)20-13-4-2-3-5-14(13)22/h6-10,13H,2-5H2,1H3,(H3,18,19,20,21). The van der Waals surface area contributed by atoms with Crippen LogP contribution in [0, 0.1) is 6.92 Å². The minimum Gasteiger partial charge on any atom is -0.368 e. The molecule has 1 atom stereocenters. The van der Waals surface area contributed by atoms with Gasteiger partial charge in [0.25, 0.3) is 0 Å². The van der Waals surface area contributed by atoms with Gasteiger partial charge in [-0.25, -0.2) is 4.98 Å². The Morgan fingerprint density at radius 1 is 1.26 bits per heavy atom. The first-order valence-electron chi connectivity index (χ1n) is 7.78. The third-order valence-electron chi connectivity index (χ3n) is 3.89. The molecule has 0 spiro atoms. The number of Topliss-reactive ketones (excluding diaryl/α,β-unsaturated/α-hetero) is 1. The van der Waals surface area contributed by atoms with E-state index in [1.165, 1.54) is 5.56 Å². The molecule has 1 aliphatic carbocycles. The second-order valence-electron chi connectivity index (χ2n) is 5.77. The highest BCUT2D eigenvalue weighted by Crippen LogP contribution is 2.33. The molecule has 0 saturated heterocycles. The molecule has 1 aliphatic rings. The SMILES string of the molecule is Cc1ccc(Sc2cnc(N)nc2NC2CCCCC2=O)cc1. The molecule has 2 aromatic rings. The van der Waals surface area contributed by atoms with Crippen LogP contribution in [-0.2, 0) is 4.79 Å². The molecule has 1 aromatic carbocycles. The largest absolute Gasteiger partial charge is 0.368 e. The Hall–Kier alpha value is -2.08. The topological polar surface area (TPSA) is 80.9 Å².